The van der Waals surface area contributed by atoms with Gasteiger partial charge in [0.05, 0.1) is 17.0 Å². The molecule has 152 valence electrons. The summed E-state index contributed by atoms with van der Waals surface area (Å²) in [5, 5.41) is 3.07. The zero-order valence-electron chi connectivity index (χ0n) is 16.3. The molecule has 2 aromatic rings. The van der Waals surface area contributed by atoms with Gasteiger partial charge in [-0.2, -0.15) is 0 Å². The molecule has 0 aliphatic carbocycles. The van der Waals surface area contributed by atoms with Crippen LogP contribution in [0.1, 0.15) is 25.8 Å². The van der Waals surface area contributed by atoms with E-state index in [0.717, 1.165) is 12.6 Å². The van der Waals surface area contributed by atoms with Gasteiger partial charge >= 0.3 is 0 Å². The molecule has 0 aliphatic heterocycles. The maximum absolute atomic E-state index is 14.3. The molecule has 1 amide bonds. The zero-order valence-corrected chi connectivity index (χ0v) is 17.1. The number of carbonyl (C=O) groups is 1. The third-order valence-corrected chi connectivity index (χ3v) is 4.25. The summed E-state index contributed by atoms with van der Waals surface area (Å²) in [6.07, 6.45) is 3.38. The molecular formula is C21H23ClFN5O. The van der Waals surface area contributed by atoms with Gasteiger partial charge in [-0.05, 0) is 43.2 Å². The van der Waals surface area contributed by atoms with Gasteiger partial charge in [-0.25, -0.2) is 9.38 Å². The van der Waals surface area contributed by atoms with E-state index in [4.69, 9.17) is 23.1 Å². The highest BCUT2D eigenvalue weighted by Crippen LogP contribution is 2.31. The van der Waals surface area contributed by atoms with Gasteiger partial charge in [-0.1, -0.05) is 25.1 Å². The first kappa shape index (κ1) is 22.1. The van der Waals surface area contributed by atoms with Crippen LogP contribution >= 0.6 is 11.6 Å². The maximum Gasteiger partial charge on any atom is 0.256 e. The number of nitrogens with zero attached hydrogens (tertiary/aromatic N) is 2. The number of hydrogen-bond acceptors (Lipinski definition) is 4. The summed E-state index contributed by atoms with van der Waals surface area (Å²) in [6.45, 7) is 8.09. The van der Waals surface area contributed by atoms with Gasteiger partial charge in [-0.3, -0.25) is 9.78 Å². The number of aromatic nitrogens is 1. The van der Waals surface area contributed by atoms with Gasteiger partial charge in [0.15, 0.2) is 0 Å². The molecule has 5 N–H and O–H groups in total. The van der Waals surface area contributed by atoms with Crippen LogP contribution in [0.5, 0.6) is 0 Å². The van der Waals surface area contributed by atoms with E-state index in [-0.39, 0.29) is 17.0 Å². The van der Waals surface area contributed by atoms with E-state index in [2.05, 4.69) is 21.9 Å². The minimum Gasteiger partial charge on any atom is -0.404 e. The van der Waals surface area contributed by atoms with E-state index in [0.29, 0.717) is 34.1 Å². The first-order valence-electron chi connectivity index (χ1n) is 8.94. The molecule has 0 atom stereocenters. The first-order chi connectivity index (χ1) is 13.8. The van der Waals surface area contributed by atoms with Crippen molar-refractivity contribution in [1.29, 1.82) is 0 Å². The fourth-order valence-corrected chi connectivity index (χ4v) is 2.68. The number of hydrogen-bond donors (Lipinski definition) is 3. The Morgan fingerprint density at radius 1 is 1.41 bits per heavy atom. The van der Waals surface area contributed by atoms with E-state index in [1.54, 1.807) is 13.0 Å². The standard InChI is InChI=1S/C21H23ClFN5O/c1-4-7-26-21(29)15(10-24)20(25)28-19-9-18(27-11-16(19)12(2)3)14-8-13(22)5-6-17(14)23/h5-6,8-11H,2,4,7,24H2,1,3H3,(H,26,29)(H2,25,27,28)/b15-10+. The fourth-order valence-electron chi connectivity index (χ4n) is 2.51. The Morgan fingerprint density at radius 2 is 2.14 bits per heavy atom. The molecule has 0 aliphatic rings. The third kappa shape index (κ3) is 5.42. The lowest BCUT2D eigenvalue weighted by atomic mass is 10.1. The number of rotatable bonds is 7. The number of allylic oxidation sites excluding steroid dienone is 1. The summed E-state index contributed by atoms with van der Waals surface area (Å²) >= 11 is 5.99. The number of pyridine rings is 1. The number of nitrogens with one attached hydrogen (secondary N) is 1. The molecule has 0 spiro atoms. The average Bonchev–Trinajstić information content (AvgIpc) is 2.68. The molecule has 8 heteroatoms. The number of aliphatic imine (C=N–C) groups is 1. The van der Waals surface area contributed by atoms with Gasteiger partial charge in [-0.15, -0.1) is 0 Å². The second-order valence-corrected chi connectivity index (χ2v) is 6.76. The number of amides is 1. The fraction of sp³-hybridized carbons (Fsp3) is 0.190. The Bertz CT molecular complexity index is 1000. The summed E-state index contributed by atoms with van der Waals surface area (Å²) in [5.41, 5.74) is 13.8. The first-order valence-corrected chi connectivity index (χ1v) is 9.32. The Hall–Kier alpha value is -3.19. The van der Waals surface area contributed by atoms with Gasteiger partial charge in [0.1, 0.15) is 11.7 Å². The minimum atomic E-state index is -0.477. The van der Waals surface area contributed by atoms with Crippen molar-refractivity contribution in [3.05, 3.63) is 65.2 Å². The molecule has 0 saturated carbocycles. The Kier molecular flexibility index (Phi) is 7.50. The highest BCUT2D eigenvalue weighted by atomic mass is 35.5. The SMILES string of the molecule is C=C(C)c1cnc(-c2cc(Cl)ccc2F)cc1N=C(N)/C(=C\N)C(=O)NCCC. The summed E-state index contributed by atoms with van der Waals surface area (Å²) < 4.78 is 14.3. The smallest absolute Gasteiger partial charge is 0.256 e. The van der Waals surface area contributed by atoms with Crippen LogP contribution in [0.15, 0.2) is 53.8 Å². The van der Waals surface area contributed by atoms with Crippen molar-refractivity contribution < 1.29 is 9.18 Å². The summed E-state index contributed by atoms with van der Waals surface area (Å²) in [4.78, 5) is 20.9. The summed E-state index contributed by atoms with van der Waals surface area (Å²) in [6, 6.07) is 5.74. The Labute approximate surface area is 174 Å². The Balaban J connectivity index is 2.54. The molecule has 0 saturated heterocycles. The molecule has 0 fully saturated rings. The van der Waals surface area contributed by atoms with Crippen molar-refractivity contribution >= 4 is 34.6 Å². The van der Waals surface area contributed by atoms with E-state index in [1.165, 1.54) is 24.4 Å². The highest BCUT2D eigenvalue weighted by Gasteiger charge is 2.15. The molecule has 1 aromatic carbocycles. The normalized spacial score (nSPS) is 12.0. The van der Waals surface area contributed by atoms with Gasteiger partial charge in [0.25, 0.3) is 5.91 Å². The van der Waals surface area contributed by atoms with Crippen molar-refractivity contribution in [2.45, 2.75) is 20.3 Å². The minimum absolute atomic E-state index is 0.0402. The second-order valence-electron chi connectivity index (χ2n) is 6.32. The number of benzene rings is 1. The number of amidine groups is 1. The Morgan fingerprint density at radius 3 is 2.76 bits per heavy atom. The van der Waals surface area contributed by atoms with E-state index < -0.39 is 11.7 Å². The number of carbonyl (C=O) groups excluding carboxylic acids is 1. The predicted molar refractivity (Wildman–Crippen MR) is 116 cm³/mol. The molecule has 0 unspecified atom stereocenters. The van der Waals surface area contributed by atoms with Crippen molar-refractivity contribution in [2.75, 3.05) is 6.54 Å². The van der Waals surface area contributed by atoms with Crippen molar-refractivity contribution in [1.82, 2.24) is 10.3 Å². The molecule has 1 heterocycles. The molecule has 1 aromatic heterocycles. The van der Waals surface area contributed by atoms with E-state index in [9.17, 15) is 9.18 Å². The molecule has 6 nitrogen and oxygen atoms in total. The van der Waals surface area contributed by atoms with Crippen LogP contribution in [-0.4, -0.2) is 23.3 Å². The molecule has 0 bridgehead atoms. The maximum atomic E-state index is 14.3. The van der Waals surface area contributed by atoms with E-state index in [1.807, 2.05) is 6.92 Å². The second kappa shape index (κ2) is 9.84. The summed E-state index contributed by atoms with van der Waals surface area (Å²) in [5.74, 6) is -0.982. The van der Waals surface area contributed by atoms with Crippen LogP contribution in [0.25, 0.3) is 16.8 Å². The lowest BCUT2D eigenvalue weighted by Crippen LogP contribution is -2.32. The molecular weight excluding hydrogens is 393 g/mol. The van der Waals surface area contributed by atoms with Crippen LogP contribution in [0.3, 0.4) is 0 Å². The lowest BCUT2D eigenvalue weighted by molar-refractivity contribution is -0.117. The van der Waals surface area contributed by atoms with Crippen LogP contribution < -0.4 is 16.8 Å². The zero-order chi connectivity index (χ0) is 21.6. The van der Waals surface area contributed by atoms with Crippen LogP contribution in [0.4, 0.5) is 10.1 Å². The average molecular weight is 416 g/mol. The topological polar surface area (TPSA) is 106 Å². The van der Waals surface area contributed by atoms with Gasteiger partial charge in [0.2, 0.25) is 0 Å². The van der Waals surface area contributed by atoms with Gasteiger partial charge in [0, 0.05) is 35.1 Å². The highest BCUT2D eigenvalue weighted by molar-refractivity contribution is 6.30. The predicted octanol–water partition coefficient (Wildman–Crippen LogP) is 3.93. The van der Waals surface area contributed by atoms with Crippen LogP contribution in [-0.2, 0) is 4.79 Å². The van der Waals surface area contributed by atoms with Crippen LogP contribution in [0.2, 0.25) is 5.02 Å². The third-order valence-electron chi connectivity index (χ3n) is 4.01. The lowest BCUT2D eigenvalue weighted by Gasteiger charge is -2.11. The van der Waals surface area contributed by atoms with Crippen molar-refractivity contribution in [3.8, 4) is 11.3 Å². The monoisotopic (exact) mass is 415 g/mol. The molecule has 29 heavy (non-hydrogen) atoms. The van der Waals surface area contributed by atoms with Crippen molar-refractivity contribution in [2.24, 2.45) is 16.5 Å². The quantitative estimate of drug-likeness (QED) is 0.361. The van der Waals surface area contributed by atoms with Crippen LogP contribution in [0, 0.1) is 5.82 Å². The molecule has 0 radical (unpaired) electrons. The van der Waals surface area contributed by atoms with E-state index >= 15 is 0 Å². The van der Waals surface area contributed by atoms with Gasteiger partial charge < -0.3 is 16.8 Å². The molecule has 2 rings (SSSR count). The summed E-state index contributed by atoms with van der Waals surface area (Å²) in [7, 11) is 0. The number of halogens is 2. The largest absolute Gasteiger partial charge is 0.404 e. The number of nitrogens with two attached hydrogens (primary N) is 2. The van der Waals surface area contributed by atoms with Crippen molar-refractivity contribution in [3.63, 3.8) is 0 Å².